The predicted octanol–water partition coefficient (Wildman–Crippen LogP) is -1.11. The summed E-state index contributed by atoms with van der Waals surface area (Å²) in [6.07, 6.45) is 1.42. The van der Waals surface area contributed by atoms with Crippen molar-refractivity contribution in [1.82, 2.24) is 0 Å². The Morgan fingerprint density at radius 1 is 1.20 bits per heavy atom. The molecule has 1 aliphatic rings. The number of pyridine rings is 1. The summed E-state index contributed by atoms with van der Waals surface area (Å²) in [5, 5.41) is 14.9. The Bertz CT molecular complexity index is 694. The normalized spacial score (nSPS) is 13.8. The van der Waals surface area contributed by atoms with Crippen molar-refractivity contribution in [3.8, 4) is 0 Å². The maximum Gasteiger partial charge on any atom is 0.251 e. The third kappa shape index (κ3) is 5.52. The van der Waals surface area contributed by atoms with E-state index in [-0.39, 0.29) is 24.1 Å². The number of halogens is 1. The first-order chi connectivity index (χ1) is 11.7. The van der Waals surface area contributed by atoms with Crippen LogP contribution in [-0.2, 0) is 9.53 Å². The monoisotopic (exact) mass is 380 g/mol. The van der Waals surface area contributed by atoms with Gasteiger partial charge in [0.15, 0.2) is 6.20 Å². The number of anilines is 2. The van der Waals surface area contributed by atoms with Crippen molar-refractivity contribution in [3.05, 3.63) is 53.9 Å². The Balaban J connectivity index is 0.00000225. The third-order valence-corrected chi connectivity index (χ3v) is 4.69. The van der Waals surface area contributed by atoms with Crippen molar-refractivity contribution in [1.29, 1.82) is 0 Å². The lowest BCUT2D eigenvalue weighted by Crippen LogP contribution is -3.00. The second-order valence-corrected chi connectivity index (χ2v) is 6.34. The van der Waals surface area contributed by atoms with Gasteiger partial charge in [0.25, 0.3) is 5.03 Å². The molecule has 134 valence electrons. The lowest BCUT2D eigenvalue weighted by atomic mass is 10.2. The summed E-state index contributed by atoms with van der Waals surface area (Å²) in [5.41, 5.74) is 1.88. The van der Waals surface area contributed by atoms with Gasteiger partial charge in [0.1, 0.15) is 0 Å². The SMILES string of the molecule is O=C(CSc1cccc[n+]1[O-])Nc1ccc(N2CCOCC2)cc1.[Cl-]. The van der Waals surface area contributed by atoms with Crippen LogP contribution in [0.2, 0.25) is 0 Å². The van der Waals surface area contributed by atoms with Gasteiger partial charge in [-0.2, -0.15) is 4.73 Å². The topological polar surface area (TPSA) is 68.5 Å². The number of amides is 1. The maximum atomic E-state index is 12.0. The van der Waals surface area contributed by atoms with Gasteiger partial charge in [-0.1, -0.05) is 0 Å². The number of nitrogens with zero attached hydrogens (tertiary/aromatic N) is 2. The van der Waals surface area contributed by atoms with Crippen LogP contribution < -0.4 is 27.4 Å². The highest BCUT2D eigenvalue weighted by atomic mass is 35.5. The number of benzene rings is 1. The van der Waals surface area contributed by atoms with E-state index in [4.69, 9.17) is 4.74 Å². The second kappa shape index (κ2) is 9.50. The molecular weight excluding hydrogens is 362 g/mol. The third-order valence-electron chi connectivity index (χ3n) is 3.67. The zero-order valence-corrected chi connectivity index (χ0v) is 15.1. The molecule has 1 aliphatic heterocycles. The van der Waals surface area contributed by atoms with Crippen LogP contribution in [0, 0.1) is 5.21 Å². The number of hydrogen-bond donors (Lipinski definition) is 1. The van der Waals surface area contributed by atoms with Gasteiger partial charge in [0, 0.05) is 36.6 Å². The molecule has 1 amide bonds. The van der Waals surface area contributed by atoms with Crippen LogP contribution >= 0.6 is 11.8 Å². The van der Waals surface area contributed by atoms with Crippen molar-refractivity contribution in [3.63, 3.8) is 0 Å². The van der Waals surface area contributed by atoms with Crippen molar-refractivity contribution >= 4 is 29.0 Å². The molecule has 1 N–H and O–H groups in total. The van der Waals surface area contributed by atoms with E-state index >= 15 is 0 Å². The average Bonchev–Trinajstić information content (AvgIpc) is 2.62. The zero-order valence-electron chi connectivity index (χ0n) is 13.6. The summed E-state index contributed by atoms with van der Waals surface area (Å²) in [6, 6.07) is 12.9. The maximum absolute atomic E-state index is 12.0. The number of thioether (sulfide) groups is 1. The van der Waals surface area contributed by atoms with Crippen LogP contribution in [0.15, 0.2) is 53.7 Å². The fraction of sp³-hybridized carbons (Fsp3) is 0.294. The molecule has 25 heavy (non-hydrogen) atoms. The van der Waals surface area contributed by atoms with E-state index in [9.17, 15) is 10.0 Å². The standard InChI is InChI=1S/C17H19N3O3S.ClH/c21-16(13-24-17-3-1-2-8-20(17)22)18-14-4-6-15(7-5-14)19-9-11-23-12-10-19;/h1-8H,9-13H2,(H,18,21);1H/p-1. The van der Waals surface area contributed by atoms with Gasteiger partial charge >= 0.3 is 0 Å². The number of carbonyl (C=O) groups excluding carboxylic acids is 1. The lowest BCUT2D eigenvalue weighted by Gasteiger charge is -2.28. The highest BCUT2D eigenvalue weighted by Gasteiger charge is 2.12. The summed E-state index contributed by atoms with van der Waals surface area (Å²) in [6.45, 7) is 3.26. The molecule has 2 aromatic rings. The highest BCUT2D eigenvalue weighted by Crippen LogP contribution is 2.19. The van der Waals surface area contributed by atoms with Gasteiger partial charge < -0.3 is 32.6 Å². The van der Waals surface area contributed by atoms with Crippen LogP contribution in [0.5, 0.6) is 0 Å². The van der Waals surface area contributed by atoms with E-state index in [1.807, 2.05) is 24.3 Å². The van der Waals surface area contributed by atoms with Gasteiger partial charge in [-0.25, -0.2) is 0 Å². The molecule has 1 aromatic heterocycles. The minimum atomic E-state index is -0.136. The molecule has 8 heteroatoms. The number of hydrogen-bond acceptors (Lipinski definition) is 5. The van der Waals surface area contributed by atoms with E-state index in [1.54, 1.807) is 18.2 Å². The summed E-state index contributed by atoms with van der Waals surface area (Å²) < 4.78 is 6.10. The molecule has 2 heterocycles. The Morgan fingerprint density at radius 2 is 1.92 bits per heavy atom. The lowest BCUT2D eigenvalue weighted by molar-refractivity contribution is -0.645. The molecule has 0 saturated carbocycles. The fourth-order valence-electron chi connectivity index (χ4n) is 2.44. The van der Waals surface area contributed by atoms with Gasteiger partial charge in [0.05, 0.1) is 19.0 Å². The van der Waals surface area contributed by atoms with Crippen molar-refractivity contribution < 1.29 is 26.7 Å². The van der Waals surface area contributed by atoms with Crippen LogP contribution in [-0.4, -0.2) is 38.0 Å². The molecular formula is C17H19ClN3O3S-. The van der Waals surface area contributed by atoms with Crippen LogP contribution in [0.25, 0.3) is 0 Å². The Hall–Kier alpha value is -1.96. The smallest absolute Gasteiger partial charge is 0.251 e. The Kier molecular flexibility index (Phi) is 7.36. The molecule has 3 rings (SSSR count). The number of rotatable bonds is 5. The number of aromatic nitrogens is 1. The quantitative estimate of drug-likeness (QED) is 0.405. The number of carbonyl (C=O) groups is 1. The number of nitrogens with one attached hydrogen (secondary N) is 1. The first-order valence-corrected chi connectivity index (χ1v) is 8.74. The van der Waals surface area contributed by atoms with Crippen LogP contribution in [0.3, 0.4) is 0 Å². The fourth-order valence-corrected chi connectivity index (χ4v) is 3.15. The van der Waals surface area contributed by atoms with Crippen molar-refractivity contribution in [2.75, 3.05) is 42.3 Å². The molecule has 1 saturated heterocycles. The van der Waals surface area contributed by atoms with Crippen molar-refractivity contribution in [2.24, 2.45) is 0 Å². The van der Waals surface area contributed by atoms with E-state index in [2.05, 4.69) is 10.2 Å². The van der Waals surface area contributed by atoms with Gasteiger partial charge in [-0.3, -0.25) is 4.79 Å². The minimum absolute atomic E-state index is 0. The van der Waals surface area contributed by atoms with Gasteiger partial charge in [0.2, 0.25) is 5.91 Å². The molecule has 1 aromatic carbocycles. The summed E-state index contributed by atoms with van der Waals surface area (Å²) in [7, 11) is 0. The molecule has 0 radical (unpaired) electrons. The molecule has 0 bridgehead atoms. The Labute approximate surface area is 157 Å². The van der Waals surface area contributed by atoms with Crippen LogP contribution in [0.1, 0.15) is 0 Å². The predicted molar refractivity (Wildman–Crippen MR) is 94.2 cm³/mol. The molecule has 0 unspecified atom stereocenters. The molecule has 0 atom stereocenters. The minimum Gasteiger partial charge on any atom is -1.00 e. The van der Waals surface area contributed by atoms with E-state index < -0.39 is 0 Å². The first-order valence-electron chi connectivity index (χ1n) is 7.76. The first kappa shape index (κ1) is 19.4. The van der Waals surface area contributed by atoms with Crippen molar-refractivity contribution in [2.45, 2.75) is 5.03 Å². The van der Waals surface area contributed by atoms with E-state index in [0.717, 1.165) is 42.4 Å². The number of ether oxygens (including phenoxy) is 1. The highest BCUT2D eigenvalue weighted by molar-refractivity contribution is 7.99. The molecule has 1 fully saturated rings. The van der Waals surface area contributed by atoms with Gasteiger partial charge in [-0.05, 0) is 42.1 Å². The molecule has 0 aliphatic carbocycles. The Morgan fingerprint density at radius 3 is 2.60 bits per heavy atom. The van der Waals surface area contributed by atoms with E-state index in [1.165, 1.54) is 18.0 Å². The molecule has 6 nitrogen and oxygen atoms in total. The zero-order chi connectivity index (χ0) is 16.8. The average molecular weight is 381 g/mol. The number of morpholine rings is 1. The largest absolute Gasteiger partial charge is 1.00 e. The van der Waals surface area contributed by atoms with E-state index in [0.29, 0.717) is 5.03 Å². The van der Waals surface area contributed by atoms with Crippen LogP contribution in [0.4, 0.5) is 11.4 Å². The summed E-state index contributed by atoms with van der Waals surface area (Å²) in [5.74, 6) is 0.0558. The summed E-state index contributed by atoms with van der Waals surface area (Å²) >= 11 is 1.22. The second-order valence-electron chi connectivity index (χ2n) is 5.35. The summed E-state index contributed by atoms with van der Waals surface area (Å²) in [4.78, 5) is 14.3. The molecule has 0 spiro atoms. The van der Waals surface area contributed by atoms with Gasteiger partial charge in [-0.15, -0.1) is 0 Å².